The number of rotatable bonds is 2. The molecule has 0 spiro atoms. The molecule has 2 aliphatic rings. The van der Waals surface area contributed by atoms with E-state index in [9.17, 15) is 4.79 Å². The minimum atomic E-state index is 0.270. The molecule has 1 saturated heterocycles. The van der Waals surface area contributed by atoms with E-state index in [-0.39, 0.29) is 5.91 Å². The number of amides is 1. The number of fused-ring (bicyclic) bond motifs is 3. The second kappa shape index (κ2) is 4.51. The summed E-state index contributed by atoms with van der Waals surface area (Å²) in [5.74, 6) is 0.270. The highest BCUT2D eigenvalue weighted by molar-refractivity contribution is 5.89. The minimum absolute atomic E-state index is 0.270. The van der Waals surface area contributed by atoms with Gasteiger partial charge in [0.1, 0.15) is 0 Å². The number of hydrogen-bond donors (Lipinski definition) is 1. The van der Waals surface area contributed by atoms with E-state index in [0.29, 0.717) is 18.5 Å². The summed E-state index contributed by atoms with van der Waals surface area (Å²) in [6, 6.07) is 8.95. The van der Waals surface area contributed by atoms with Gasteiger partial charge in [-0.3, -0.25) is 4.79 Å². The van der Waals surface area contributed by atoms with Crippen LogP contribution in [0.3, 0.4) is 0 Å². The fourth-order valence-electron chi connectivity index (χ4n) is 3.65. The van der Waals surface area contributed by atoms with Gasteiger partial charge in [-0.25, -0.2) is 0 Å². The maximum Gasteiger partial charge on any atom is 0.227 e. The molecule has 0 aliphatic carbocycles. The van der Waals surface area contributed by atoms with Gasteiger partial charge in [-0.1, -0.05) is 30.4 Å². The highest BCUT2D eigenvalue weighted by atomic mass is 16.2. The molecule has 1 fully saturated rings. The van der Waals surface area contributed by atoms with Crippen LogP contribution in [0.1, 0.15) is 24.8 Å². The molecule has 4 rings (SSSR count). The SMILES string of the molecule is O=C(Cc1c[nH]c2ccccc12)N1C2C=CCC1CC2. The van der Waals surface area contributed by atoms with Crippen LogP contribution < -0.4 is 0 Å². The maximum absolute atomic E-state index is 12.6. The lowest BCUT2D eigenvalue weighted by Gasteiger charge is -2.31. The summed E-state index contributed by atoms with van der Waals surface area (Å²) >= 11 is 0. The van der Waals surface area contributed by atoms with Gasteiger partial charge in [0, 0.05) is 23.1 Å². The molecule has 1 N–H and O–H groups in total. The Hall–Kier alpha value is -2.03. The molecule has 20 heavy (non-hydrogen) atoms. The fourth-order valence-corrected chi connectivity index (χ4v) is 3.65. The van der Waals surface area contributed by atoms with Crippen LogP contribution in [0.2, 0.25) is 0 Å². The van der Waals surface area contributed by atoms with E-state index in [4.69, 9.17) is 0 Å². The number of H-pyrrole nitrogens is 1. The zero-order chi connectivity index (χ0) is 13.5. The number of aromatic amines is 1. The molecule has 1 amide bonds. The molecule has 2 aromatic rings. The average molecular weight is 266 g/mol. The summed E-state index contributed by atoms with van der Waals surface area (Å²) in [5.41, 5.74) is 2.22. The number of benzene rings is 1. The predicted octanol–water partition coefficient (Wildman–Crippen LogP) is 3.03. The molecule has 2 atom stereocenters. The zero-order valence-corrected chi connectivity index (χ0v) is 11.4. The van der Waals surface area contributed by atoms with E-state index in [1.807, 2.05) is 18.3 Å². The van der Waals surface area contributed by atoms with Crippen LogP contribution in [0.5, 0.6) is 0 Å². The lowest BCUT2D eigenvalue weighted by atomic mass is 10.1. The molecule has 102 valence electrons. The van der Waals surface area contributed by atoms with Gasteiger partial charge in [-0.15, -0.1) is 0 Å². The smallest absolute Gasteiger partial charge is 0.227 e. The van der Waals surface area contributed by atoms with Gasteiger partial charge in [0.2, 0.25) is 5.91 Å². The quantitative estimate of drug-likeness (QED) is 0.833. The standard InChI is InChI=1S/C17H18N2O/c20-17(19-13-4-3-5-14(19)9-8-13)10-12-11-18-16-7-2-1-6-15(12)16/h1-4,6-7,11,13-14,18H,5,8-10H2. The lowest BCUT2D eigenvalue weighted by Crippen LogP contribution is -2.42. The van der Waals surface area contributed by atoms with Crippen molar-refractivity contribution in [2.75, 3.05) is 0 Å². The Morgan fingerprint density at radius 1 is 1.30 bits per heavy atom. The topological polar surface area (TPSA) is 36.1 Å². The summed E-state index contributed by atoms with van der Waals surface area (Å²) in [6.07, 6.45) is 10.2. The van der Waals surface area contributed by atoms with Gasteiger partial charge in [-0.2, -0.15) is 0 Å². The van der Waals surface area contributed by atoms with Crippen LogP contribution in [-0.2, 0) is 11.2 Å². The van der Waals surface area contributed by atoms with Crippen LogP contribution in [-0.4, -0.2) is 27.9 Å². The summed E-state index contributed by atoms with van der Waals surface area (Å²) in [6.45, 7) is 0. The van der Waals surface area contributed by atoms with E-state index >= 15 is 0 Å². The zero-order valence-electron chi connectivity index (χ0n) is 11.4. The Labute approximate surface area is 118 Å². The monoisotopic (exact) mass is 266 g/mol. The number of nitrogens with one attached hydrogen (secondary N) is 1. The van der Waals surface area contributed by atoms with Crippen molar-refractivity contribution < 1.29 is 4.79 Å². The summed E-state index contributed by atoms with van der Waals surface area (Å²) in [5, 5.41) is 1.17. The maximum atomic E-state index is 12.6. The van der Waals surface area contributed by atoms with E-state index in [1.165, 1.54) is 5.39 Å². The molecular formula is C17H18N2O. The van der Waals surface area contributed by atoms with Crippen molar-refractivity contribution in [2.24, 2.45) is 0 Å². The largest absolute Gasteiger partial charge is 0.361 e. The van der Waals surface area contributed by atoms with E-state index in [1.54, 1.807) is 0 Å². The third-order valence-electron chi connectivity index (χ3n) is 4.62. The first-order valence-corrected chi connectivity index (χ1v) is 7.36. The Bertz CT molecular complexity index is 685. The van der Waals surface area contributed by atoms with Crippen molar-refractivity contribution in [2.45, 2.75) is 37.8 Å². The molecule has 0 radical (unpaired) electrons. The third kappa shape index (κ3) is 1.77. The van der Waals surface area contributed by atoms with E-state index < -0.39 is 0 Å². The Morgan fingerprint density at radius 3 is 3.10 bits per heavy atom. The van der Waals surface area contributed by atoms with Gasteiger partial charge < -0.3 is 9.88 Å². The molecule has 0 saturated carbocycles. The summed E-state index contributed by atoms with van der Waals surface area (Å²) < 4.78 is 0. The fraction of sp³-hybridized carbons (Fsp3) is 0.353. The van der Waals surface area contributed by atoms with Crippen molar-refractivity contribution in [1.82, 2.24) is 9.88 Å². The van der Waals surface area contributed by atoms with Crippen LogP contribution in [0.4, 0.5) is 0 Å². The minimum Gasteiger partial charge on any atom is -0.361 e. The van der Waals surface area contributed by atoms with Crippen molar-refractivity contribution in [3.63, 3.8) is 0 Å². The average Bonchev–Trinajstić information content (AvgIpc) is 2.98. The second-order valence-electron chi connectivity index (χ2n) is 5.80. The third-order valence-corrected chi connectivity index (χ3v) is 4.62. The van der Waals surface area contributed by atoms with Crippen molar-refractivity contribution in [3.8, 4) is 0 Å². The van der Waals surface area contributed by atoms with Crippen molar-refractivity contribution >= 4 is 16.8 Å². The first kappa shape index (κ1) is 11.8. The molecule has 1 aromatic heterocycles. The number of aromatic nitrogens is 1. The number of carbonyl (C=O) groups excluding carboxylic acids is 1. The molecule has 3 heterocycles. The van der Waals surface area contributed by atoms with E-state index in [0.717, 1.165) is 30.3 Å². The highest BCUT2D eigenvalue weighted by Gasteiger charge is 2.36. The molecule has 2 unspecified atom stereocenters. The van der Waals surface area contributed by atoms with Gasteiger partial charge in [-0.05, 0) is 30.9 Å². The highest BCUT2D eigenvalue weighted by Crippen LogP contribution is 2.32. The van der Waals surface area contributed by atoms with Gasteiger partial charge >= 0.3 is 0 Å². The normalized spacial score (nSPS) is 24.5. The Balaban J connectivity index is 1.60. The first-order chi connectivity index (χ1) is 9.83. The van der Waals surface area contributed by atoms with Gasteiger partial charge in [0.15, 0.2) is 0 Å². The molecular weight excluding hydrogens is 248 g/mol. The van der Waals surface area contributed by atoms with Crippen molar-refractivity contribution in [3.05, 3.63) is 48.2 Å². The van der Waals surface area contributed by atoms with E-state index in [2.05, 4.69) is 34.2 Å². The number of para-hydroxylation sites is 1. The van der Waals surface area contributed by atoms with Crippen LogP contribution in [0.15, 0.2) is 42.6 Å². The number of nitrogens with zero attached hydrogens (tertiary/aromatic N) is 1. The molecule has 1 aromatic carbocycles. The molecule has 2 aliphatic heterocycles. The number of hydrogen-bond acceptors (Lipinski definition) is 1. The Morgan fingerprint density at radius 2 is 2.20 bits per heavy atom. The van der Waals surface area contributed by atoms with Crippen LogP contribution in [0, 0.1) is 0 Å². The predicted molar refractivity (Wildman–Crippen MR) is 79.4 cm³/mol. The molecule has 3 heteroatoms. The lowest BCUT2D eigenvalue weighted by molar-refractivity contribution is -0.132. The molecule has 3 nitrogen and oxygen atoms in total. The van der Waals surface area contributed by atoms with Crippen LogP contribution in [0.25, 0.3) is 10.9 Å². The second-order valence-corrected chi connectivity index (χ2v) is 5.80. The molecule has 2 bridgehead atoms. The summed E-state index contributed by atoms with van der Waals surface area (Å²) in [4.78, 5) is 18.0. The first-order valence-electron chi connectivity index (χ1n) is 7.36. The van der Waals surface area contributed by atoms with Gasteiger partial charge in [0.25, 0.3) is 0 Å². The van der Waals surface area contributed by atoms with Gasteiger partial charge in [0.05, 0.1) is 12.5 Å². The van der Waals surface area contributed by atoms with Crippen molar-refractivity contribution in [1.29, 1.82) is 0 Å². The number of carbonyl (C=O) groups is 1. The van der Waals surface area contributed by atoms with Crippen LogP contribution >= 0.6 is 0 Å². The summed E-state index contributed by atoms with van der Waals surface area (Å²) in [7, 11) is 0. The Kier molecular flexibility index (Phi) is 2.66.